The van der Waals surface area contributed by atoms with Crippen molar-refractivity contribution in [3.63, 3.8) is 0 Å². The average Bonchev–Trinajstić information content (AvgIpc) is 2.79. The fourth-order valence-electron chi connectivity index (χ4n) is 2.31. The summed E-state index contributed by atoms with van der Waals surface area (Å²) >= 11 is 0. The Labute approximate surface area is 97.4 Å². The second kappa shape index (κ2) is 6.01. The minimum Gasteiger partial charge on any atom is -0.349 e. The van der Waals surface area contributed by atoms with Crippen LogP contribution in [0.5, 0.6) is 0 Å². The van der Waals surface area contributed by atoms with Crippen molar-refractivity contribution in [1.82, 2.24) is 20.2 Å². The summed E-state index contributed by atoms with van der Waals surface area (Å²) in [6, 6.07) is 0.727. The normalized spacial score (nSPS) is 22.4. The number of hydrogen-bond acceptors (Lipinski definition) is 3. The topological polar surface area (TPSA) is 44.0 Å². The summed E-state index contributed by atoms with van der Waals surface area (Å²) < 4.78 is 0. The third-order valence-corrected chi connectivity index (χ3v) is 3.39. The van der Waals surface area contributed by atoms with Crippen LogP contribution in [-0.4, -0.2) is 47.6 Å². The van der Waals surface area contributed by atoms with Gasteiger partial charge >= 0.3 is 0 Å². The van der Waals surface area contributed by atoms with E-state index >= 15 is 0 Å². The second-order valence-corrected chi connectivity index (χ2v) is 4.62. The summed E-state index contributed by atoms with van der Waals surface area (Å²) in [5.74, 6) is 1.07. The lowest BCUT2D eigenvalue weighted by Crippen LogP contribution is -2.43. The van der Waals surface area contributed by atoms with Crippen molar-refractivity contribution in [2.24, 2.45) is 0 Å². The fourth-order valence-corrected chi connectivity index (χ4v) is 2.31. The van der Waals surface area contributed by atoms with E-state index in [-0.39, 0.29) is 0 Å². The van der Waals surface area contributed by atoms with E-state index in [1.54, 1.807) is 0 Å². The number of nitrogens with zero attached hydrogens (tertiary/aromatic N) is 2. The molecule has 1 aromatic rings. The van der Waals surface area contributed by atoms with Gasteiger partial charge in [-0.05, 0) is 26.4 Å². The SMILES string of the molecule is CN1CCCCC1CNCCc1ncc[nH]1. The molecule has 0 amide bonds. The average molecular weight is 222 g/mol. The fraction of sp³-hybridized carbons (Fsp3) is 0.750. The van der Waals surface area contributed by atoms with Crippen LogP contribution in [0.3, 0.4) is 0 Å². The van der Waals surface area contributed by atoms with Gasteiger partial charge in [0, 0.05) is 37.9 Å². The molecule has 1 fully saturated rings. The highest BCUT2D eigenvalue weighted by atomic mass is 15.2. The Kier molecular flexibility index (Phi) is 4.36. The van der Waals surface area contributed by atoms with Crippen LogP contribution in [0.15, 0.2) is 12.4 Å². The quantitative estimate of drug-likeness (QED) is 0.731. The van der Waals surface area contributed by atoms with Gasteiger partial charge in [0.05, 0.1) is 0 Å². The van der Waals surface area contributed by atoms with E-state index in [0.717, 1.165) is 31.4 Å². The maximum atomic E-state index is 4.21. The molecule has 0 aliphatic carbocycles. The lowest BCUT2D eigenvalue weighted by atomic mass is 10.0. The van der Waals surface area contributed by atoms with Crippen molar-refractivity contribution < 1.29 is 0 Å². The Hall–Kier alpha value is -0.870. The van der Waals surface area contributed by atoms with Crippen molar-refractivity contribution >= 4 is 0 Å². The molecular formula is C12H22N4. The molecule has 0 aromatic carbocycles. The monoisotopic (exact) mass is 222 g/mol. The van der Waals surface area contributed by atoms with Crippen LogP contribution >= 0.6 is 0 Å². The minimum absolute atomic E-state index is 0.727. The smallest absolute Gasteiger partial charge is 0.107 e. The number of likely N-dealkylation sites (N-methyl/N-ethyl adjacent to an activating group) is 1. The Balaban J connectivity index is 1.60. The number of aromatic amines is 1. The number of nitrogens with one attached hydrogen (secondary N) is 2. The first-order chi connectivity index (χ1) is 7.86. The molecule has 16 heavy (non-hydrogen) atoms. The summed E-state index contributed by atoms with van der Waals surface area (Å²) in [5, 5.41) is 3.52. The van der Waals surface area contributed by atoms with Crippen molar-refractivity contribution in [2.75, 3.05) is 26.7 Å². The molecule has 1 aliphatic rings. The third kappa shape index (κ3) is 3.32. The highest BCUT2D eigenvalue weighted by molar-refractivity contribution is 4.87. The number of rotatable bonds is 5. The zero-order valence-electron chi connectivity index (χ0n) is 10.1. The van der Waals surface area contributed by atoms with Crippen LogP contribution in [0.4, 0.5) is 0 Å². The van der Waals surface area contributed by atoms with E-state index in [1.165, 1.54) is 25.8 Å². The maximum absolute atomic E-state index is 4.21. The van der Waals surface area contributed by atoms with Gasteiger partial charge in [-0.3, -0.25) is 0 Å². The van der Waals surface area contributed by atoms with Crippen LogP contribution in [0, 0.1) is 0 Å². The number of likely N-dealkylation sites (tertiary alicyclic amines) is 1. The van der Waals surface area contributed by atoms with Crippen molar-refractivity contribution in [1.29, 1.82) is 0 Å². The molecule has 1 unspecified atom stereocenters. The van der Waals surface area contributed by atoms with Crippen molar-refractivity contribution in [3.05, 3.63) is 18.2 Å². The molecule has 1 saturated heterocycles. The summed E-state index contributed by atoms with van der Waals surface area (Å²) in [7, 11) is 2.23. The van der Waals surface area contributed by atoms with E-state index in [4.69, 9.17) is 0 Å². The highest BCUT2D eigenvalue weighted by Crippen LogP contribution is 2.13. The molecule has 2 heterocycles. The first-order valence-electron chi connectivity index (χ1n) is 6.25. The zero-order chi connectivity index (χ0) is 11.2. The summed E-state index contributed by atoms with van der Waals surface area (Å²) in [4.78, 5) is 9.81. The highest BCUT2D eigenvalue weighted by Gasteiger charge is 2.17. The molecule has 4 heteroatoms. The Morgan fingerprint density at radius 3 is 3.25 bits per heavy atom. The minimum atomic E-state index is 0.727. The lowest BCUT2D eigenvalue weighted by molar-refractivity contribution is 0.182. The molecule has 0 saturated carbocycles. The predicted octanol–water partition coefficient (Wildman–Crippen LogP) is 1.03. The lowest BCUT2D eigenvalue weighted by Gasteiger charge is -2.32. The second-order valence-electron chi connectivity index (χ2n) is 4.62. The van der Waals surface area contributed by atoms with Gasteiger partial charge < -0.3 is 15.2 Å². The molecule has 90 valence electrons. The molecule has 1 aromatic heterocycles. The first kappa shape index (κ1) is 11.6. The number of piperidine rings is 1. The molecule has 2 N–H and O–H groups in total. The Morgan fingerprint density at radius 1 is 1.56 bits per heavy atom. The van der Waals surface area contributed by atoms with E-state index in [1.807, 2.05) is 12.4 Å². The third-order valence-electron chi connectivity index (χ3n) is 3.39. The van der Waals surface area contributed by atoms with Gasteiger partial charge in [0.2, 0.25) is 0 Å². The molecule has 0 bridgehead atoms. The van der Waals surface area contributed by atoms with E-state index in [9.17, 15) is 0 Å². The molecule has 2 rings (SSSR count). The van der Waals surface area contributed by atoms with E-state index in [0.29, 0.717) is 0 Å². The molecular weight excluding hydrogens is 200 g/mol. The number of imidazole rings is 1. The largest absolute Gasteiger partial charge is 0.349 e. The zero-order valence-corrected chi connectivity index (χ0v) is 10.1. The van der Waals surface area contributed by atoms with Crippen molar-refractivity contribution in [2.45, 2.75) is 31.7 Å². The van der Waals surface area contributed by atoms with Gasteiger partial charge in [-0.15, -0.1) is 0 Å². The van der Waals surface area contributed by atoms with Gasteiger partial charge in [-0.2, -0.15) is 0 Å². The van der Waals surface area contributed by atoms with Gasteiger partial charge in [0.1, 0.15) is 5.82 Å². The molecule has 0 spiro atoms. The number of aromatic nitrogens is 2. The molecule has 1 atom stereocenters. The molecule has 4 nitrogen and oxygen atoms in total. The van der Waals surface area contributed by atoms with Gasteiger partial charge in [0.15, 0.2) is 0 Å². The number of hydrogen-bond donors (Lipinski definition) is 2. The van der Waals surface area contributed by atoms with Crippen LogP contribution in [0.2, 0.25) is 0 Å². The predicted molar refractivity (Wildman–Crippen MR) is 65.4 cm³/mol. The Morgan fingerprint density at radius 2 is 2.50 bits per heavy atom. The van der Waals surface area contributed by atoms with Crippen LogP contribution in [0.1, 0.15) is 25.1 Å². The molecule has 0 radical (unpaired) electrons. The van der Waals surface area contributed by atoms with Crippen molar-refractivity contribution in [3.8, 4) is 0 Å². The van der Waals surface area contributed by atoms with Gasteiger partial charge in [-0.1, -0.05) is 6.42 Å². The van der Waals surface area contributed by atoms with Gasteiger partial charge in [-0.25, -0.2) is 4.98 Å². The van der Waals surface area contributed by atoms with Crippen LogP contribution < -0.4 is 5.32 Å². The summed E-state index contributed by atoms with van der Waals surface area (Å²) in [6.07, 6.45) is 8.76. The summed E-state index contributed by atoms with van der Waals surface area (Å²) in [6.45, 7) is 3.37. The van der Waals surface area contributed by atoms with Crippen LogP contribution in [0.25, 0.3) is 0 Å². The molecule has 1 aliphatic heterocycles. The number of H-pyrrole nitrogens is 1. The van der Waals surface area contributed by atoms with E-state index in [2.05, 4.69) is 27.2 Å². The first-order valence-corrected chi connectivity index (χ1v) is 6.25. The summed E-state index contributed by atoms with van der Waals surface area (Å²) in [5.41, 5.74) is 0. The van der Waals surface area contributed by atoms with Crippen LogP contribution in [-0.2, 0) is 6.42 Å². The van der Waals surface area contributed by atoms with E-state index < -0.39 is 0 Å². The standard InChI is InChI=1S/C12H22N4/c1-16-9-3-2-4-11(16)10-13-6-5-12-14-7-8-15-12/h7-8,11,13H,2-6,9-10H2,1H3,(H,14,15). The van der Waals surface area contributed by atoms with Gasteiger partial charge in [0.25, 0.3) is 0 Å². The maximum Gasteiger partial charge on any atom is 0.107 e. The Bertz CT molecular complexity index is 283.